The number of aliphatic imine (C=N–C) groups is 1. The van der Waals surface area contributed by atoms with Crippen LogP contribution >= 0.6 is 0 Å². The third-order valence-corrected chi connectivity index (χ3v) is 2.13. The van der Waals surface area contributed by atoms with Crippen LogP contribution in [0.3, 0.4) is 0 Å². The maximum Gasteiger partial charge on any atom is 0.0601 e. The standard InChI is InChI=1S/C9H14N2/c10-7-8-11-9-5-3-1-2-4-6-9/h9-10H,1-6H2. The van der Waals surface area contributed by atoms with Crippen molar-refractivity contribution >= 4 is 11.7 Å². The smallest absolute Gasteiger partial charge is 0.0601 e. The minimum absolute atomic E-state index is 0.426. The Bertz CT molecular complexity index is 178. The van der Waals surface area contributed by atoms with Crippen LogP contribution in [-0.4, -0.2) is 17.8 Å². The zero-order valence-corrected chi connectivity index (χ0v) is 6.77. The van der Waals surface area contributed by atoms with Crippen molar-refractivity contribution in [1.29, 1.82) is 5.41 Å². The molecule has 0 spiro atoms. The predicted octanol–water partition coefficient (Wildman–Crippen LogP) is 2.18. The van der Waals surface area contributed by atoms with Crippen LogP contribution in [0.1, 0.15) is 38.5 Å². The Morgan fingerprint density at radius 2 is 1.73 bits per heavy atom. The molecule has 0 aliphatic heterocycles. The fourth-order valence-electron chi connectivity index (χ4n) is 1.51. The van der Waals surface area contributed by atoms with Crippen LogP contribution in [0.5, 0.6) is 0 Å². The van der Waals surface area contributed by atoms with E-state index in [4.69, 9.17) is 5.41 Å². The summed E-state index contributed by atoms with van der Waals surface area (Å²) in [5, 5.41) is 6.62. The van der Waals surface area contributed by atoms with E-state index in [1.165, 1.54) is 38.5 Å². The lowest BCUT2D eigenvalue weighted by atomic mass is 10.1. The Hall–Kier alpha value is -0.840. The molecule has 1 aliphatic carbocycles. The lowest BCUT2D eigenvalue weighted by Gasteiger charge is -2.03. The van der Waals surface area contributed by atoms with Crippen molar-refractivity contribution < 1.29 is 0 Å². The van der Waals surface area contributed by atoms with E-state index in [9.17, 15) is 0 Å². The van der Waals surface area contributed by atoms with Crippen molar-refractivity contribution in [2.45, 2.75) is 44.6 Å². The van der Waals surface area contributed by atoms with Crippen LogP contribution in [-0.2, 0) is 0 Å². The third kappa shape index (κ3) is 3.18. The van der Waals surface area contributed by atoms with Crippen LogP contribution in [0.2, 0.25) is 0 Å². The maximum absolute atomic E-state index is 6.62. The number of hydrogen-bond donors (Lipinski definition) is 1. The first-order valence-electron chi connectivity index (χ1n) is 4.30. The molecule has 1 N–H and O–H groups in total. The molecule has 1 aliphatic rings. The molecule has 0 saturated heterocycles. The van der Waals surface area contributed by atoms with Gasteiger partial charge in [0.2, 0.25) is 0 Å². The van der Waals surface area contributed by atoms with Gasteiger partial charge >= 0.3 is 0 Å². The Morgan fingerprint density at radius 3 is 2.27 bits per heavy atom. The largest absolute Gasteiger partial charge is 0.250 e. The molecule has 2 nitrogen and oxygen atoms in total. The Balaban J connectivity index is 2.42. The highest BCUT2D eigenvalue weighted by molar-refractivity contribution is 5.86. The van der Waals surface area contributed by atoms with E-state index in [0.717, 1.165) is 0 Å². The van der Waals surface area contributed by atoms with Gasteiger partial charge in [-0.3, -0.25) is 0 Å². The van der Waals surface area contributed by atoms with Gasteiger partial charge in [0.15, 0.2) is 0 Å². The van der Waals surface area contributed by atoms with Crippen LogP contribution in [0.4, 0.5) is 0 Å². The minimum atomic E-state index is 0.426. The van der Waals surface area contributed by atoms with Gasteiger partial charge in [0.05, 0.1) is 17.8 Å². The summed E-state index contributed by atoms with van der Waals surface area (Å²) >= 11 is 0. The summed E-state index contributed by atoms with van der Waals surface area (Å²) < 4.78 is 0. The Kier molecular flexibility index (Phi) is 3.68. The molecule has 0 bridgehead atoms. The first kappa shape index (κ1) is 8.26. The van der Waals surface area contributed by atoms with E-state index >= 15 is 0 Å². The molecule has 1 rings (SSSR count). The Labute approximate surface area is 67.5 Å². The summed E-state index contributed by atoms with van der Waals surface area (Å²) in [7, 11) is 0. The lowest BCUT2D eigenvalue weighted by molar-refractivity contribution is 0.589. The number of nitrogens with zero attached hydrogens (tertiary/aromatic N) is 1. The van der Waals surface area contributed by atoms with Gasteiger partial charge in [0.1, 0.15) is 0 Å². The number of rotatable bonds is 1. The molecule has 0 aromatic rings. The van der Waals surface area contributed by atoms with E-state index in [1.54, 1.807) is 0 Å². The summed E-state index contributed by atoms with van der Waals surface area (Å²) in [6.07, 6.45) is 7.62. The van der Waals surface area contributed by atoms with Gasteiger partial charge in [0.25, 0.3) is 0 Å². The van der Waals surface area contributed by atoms with Crippen LogP contribution in [0.15, 0.2) is 4.99 Å². The SMILES string of the molecule is N=C=C=NC1CCCCCC1. The fourth-order valence-corrected chi connectivity index (χ4v) is 1.51. The van der Waals surface area contributed by atoms with Gasteiger partial charge in [-0.15, -0.1) is 0 Å². The van der Waals surface area contributed by atoms with Crippen molar-refractivity contribution in [3.8, 4) is 0 Å². The molecule has 0 heterocycles. The highest BCUT2D eigenvalue weighted by Gasteiger charge is 2.09. The molecule has 0 aromatic carbocycles. The second-order valence-corrected chi connectivity index (χ2v) is 3.01. The third-order valence-electron chi connectivity index (χ3n) is 2.13. The van der Waals surface area contributed by atoms with E-state index in [0.29, 0.717) is 6.04 Å². The van der Waals surface area contributed by atoms with Gasteiger partial charge < -0.3 is 0 Å². The van der Waals surface area contributed by atoms with Gasteiger partial charge in [-0.25, -0.2) is 10.4 Å². The zero-order valence-electron chi connectivity index (χ0n) is 6.77. The molecule has 0 atom stereocenters. The minimum Gasteiger partial charge on any atom is -0.250 e. The summed E-state index contributed by atoms with van der Waals surface area (Å²) in [5.41, 5.74) is 0. The quantitative estimate of drug-likeness (QED) is 0.439. The van der Waals surface area contributed by atoms with Crippen LogP contribution in [0.25, 0.3) is 0 Å². The topological polar surface area (TPSA) is 36.2 Å². The summed E-state index contributed by atoms with van der Waals surface area (Å²) in [5.74, 6) is 4.56. The van der Waals surface area contributed by atoms with E-state index in [1.807, 2.05) is 0 Å². The van der Waals surface area contributed by atoms with Gasteiger partial charge in [-0.2, -0.15) is 0 Å². The molecule has 0 aromatic heterocycles. The molecule has 1 saturated carbocycles. The monoisotopic (exact) mass is 150 g/mol. The molecule has 0 amide bonds. The molecule has 1 fully saturated rings. The molecular weight excluding hydrogens is 136 g/mol. The summed E-state index contributed by atoms with van der Waals surface area (Å²) in [6.45, 7) is 0. The van der Waals surface area contributed by atoms with Crippen molar-refractivity contribution in [3.05, 3.63) is 0 Å². The average molecular weight is 150 g/mol. The predicted molar refractivity (Wildman–Crippen MR) is 46.7 cm³/mol. The van der Waals surface area contributed by atoms with Crippen molar-refractivity contribution in [2.24, 2.45) is 4.99 Å². The first-order chi connectivity index (χ1) is 5.43. The highest BCUT2D eigenvalue weighted by Crippen LogP contribution is 2.18. The second kappa shape index (κ2) is 4.90. The van der Waals surface area contributed by atoms with Crippen molar-refractivity contribution in [3.63, 3.8) is 0 Å². The van der Waals surface area contributed by atoms with Crippen LogP contribution in [0, 0.1) is 5.41 Å². The van der Waals surface area contributed by atoms with Gasteiger partial charge in [0, 0.05) is 0 Å². The van der Waals surface area contributed by atoms with E-state index in [2.05, 4.69) is 16.7 Å². The molecule has 11 heavy (non-hydrogen) atoms. The summed E-state index contributed by atoms with van der Waals surface area (Å²) in [4.78, 5) is 4.11. The molecule has 0 radical (unpaired) electrons. The first-order valence-corrected chi connectivity index (χ1v) is 4.30. The number of nitrogens with one attached hydrogen (secondary N) is 1. The van der Waals surface area contributed by atoms with E-state index < -0.39 is 0 Å². The van der Waals surface area contributed by atoms with Crippen molar-refractivity contribution in [2.75, 3.05) is 0 Å². The maximum atomic E-state index is 6.62. The average Bonchev–Trinajstić information content (AvgIpc) is 2.28. The fraction of sp³-hybridized carbons (Fsp3) is 0.778. The van der Waals surface area contributed by atoms with Gasteiger partial charge in [-0.1, -0.05) is 25.7 Å². The van der Waals surface area contributed by atoms with Crippen LogP contribution < -0.4 is 0 Å². The molecular formula is C9H14N2. The van der Waals surface area contributed by atoms with Gasteiger partial charge in [-0.05, 0) is 12.8 Å². The lowest BCUT2D eigenvalue weighted by Crippen LogP contribution is -2.00. The zero-order chi connectivity index (χ0) is 7.94. The Morgan fingerprint density at radius 1 is 1.09 bits per heavy atom. The number of hydrogen-bond acceptors (Lipinski definition) is 2. The molecule has 0 unspecified atom stereocenters. The molecule has 2 heteroatoms. The summed E-state index contributed by atoms with van der Waals surface area (Å²) in [6, 6.07) is 0.426. The van der Waals surface area contributed by atoms with Crippen molar-refractivity contribution in [1.82, 2.24) is 0 Å². The second-order valence-electron chi connectivity index (χ2n) is 3.01. The molecule has 60 valence electrons. The van der Waals surface area contributed by atoms with E-state index in [-0.39, 0.29) is 0 Å². The highest BCUT2D eigenvalue weighted by atomic mass is 14.7. The normalized spacial score (nSPS) is 19.6.